The van der Waals surface area contributed by atoms with E-state index >= 15 is 0 Å². The zero-order valence-corrected chi connectivity index (χ0v) is 19.6. The molecule has 0 fully saturated rings. The second-order valence-electron chi connectivity index (χ2n) is 6.86. The molecule has 2 aromatic carbocycles. The molecule has 0 saturated carbocycles. The van der Waals surface area contributed by atoms with Gasteiger partial charge in [-0.05, 0) is 29.1 Å². The van der Waals surface area contributed by atoms with Crippen LogP contribution >= 0.6 is 22.9 Å². The monoisotopic (exact) mass is 490 g/mol. The Labute approximate surface area is 194 Å². The van der Waals surface area contributed by atoms with Crippen molar-refractivity contribution in [1.29, 1.82) is 0 Å². The molecule has 0 atom stereocenters. The summed E-state index contributed by atoms with van der Waals surface area (Å²) < 4.78 is 38.6. The first-order chi connectivity index (χ1) is 15.3. The lowest BCUT2D eigenvalue weighted by atomic mass is 10.2. The fourth-order valence-corrected chi connectivity index (χ4v) is 5.86. The van der Waals surface area contributed by atoms with E-state index in [1.165, 1.54) is 36.1 Å². The van der Waals surface area contributed by atoms with Crippen molar-refractivity contribution >= 4 is 50.1 Å². The summed E-state index contributed by atoms with van der Waals surface area (Å²) in [6.07, 6.45) is 1.21. The topological polar surface area (TPSA) is 84.9 Å². The quantitative estimate of drug-likeness (QED) is 0.494. The van der Waals surface area contributed by atoms with Gasteiger partial charge in [-0.1, -0.05) is 23.7 Å². The molecule has 3 aromatic rings. The van der Waals surface area contributed by atoms with Crippen LogP contribution in [0.4, 0.5) is 11.4 Å². The molecule has 0 unspecified atom stereocenters. The van der Waals surface area contributed by atoms with Gasteiger partial charge in [0.05, 0.1) is 26.5 Å². The predicted octanol–water partition coefficient (Wildman–Crippen LogP) is 4.90. The lowest BCUT2D eigenvalue weighted by Gasteiger charge is -2.29. The largest absolute Gasteiger partial charge is 0.497 e. The van der Waals surface area contributed by atoms with Crippen molar-refractivity contribution in [2.45, 2.75) is 6.54 Å². The van der Waals surface area contributed by atoms with Crippen LogP contribution in [0.2, 0.25) is 5.02 Å². The molecule has 0 amide bonds. The summed E-state index contributed by atoms with van der Waals surface area (Å²) >= 11 is 7.15. The third-order valence-electron chi connectivity index (χ3n) is 4.87. The molecule has 2 heterocycles. The number of thiophene rings is 1. The highest BCUT2D eigenvalue weighted by molar-refractivity contribution is 7.97. The van der Waals surface area contributed by atoms with Crippen LogP contribution in [0.1, 0.15) is 15.2 Å². The van der Waals surface area contributed by atoms with Gasteiger partial charge < -0.3 is 14.8 Å². The van der Waals surface area contributed by atoms with Gasteiger partial charge in [-0.15, -0.1) is 11.3 Å². The molecule has 0 spiro atoms. The van der Waals surface area contributed by atoms with E-state index < -0.39 is 15.8 Å². The van der Waals surface area contributed by atoms with Crippen molar-refractivity contribution in [2.24, 2.45) is 0 Å². The van der Waals surface area contributed by atoms with E-state index in [1.54, 1.807) is 53.9 Å². The molecular formula is C22H19ClN2O5S2. The van der Waals surface area contributed by atoms with Crippen molar-refractivity contribution in [3.63, 3.8) is 0 Å². The minimum Gasteiger partial charge on any atom is -0.497 e. The van der Waals surface area contributed by atoms with E-state index in [0.29, 0.717) is 32.8 Å². The van der Waals surface area contributed by atoms with Crippen molar-refractivity contribution in [2.75, 3.05) is 23.8 Å². The first kappa shape index (κ1) is 22.2. The number of hydrogen-bond donors (Lipinski definition) is 1. The number of fused-ring (bicyclic) bond motifs is 1. The highest BCUT2D eigenvalue weighted by Crippen LogP contribution is 2.39. The van der Waals surface area contributed by atoms with Crippen molar-refractivity contribution in [1.82, 2.24) is 0 Å². The molecule has 0 radical (unpaired) electrons. The first-order valence-corrected chi connectivity index (χ1v) is 12.1. The maximum Gasteiger partial charge on any atom is 0.270 e. The number of ketones is 1. The Kier molecular flexibility index (Phi) is 6.14. The summed E-state index contributed by atoms with van der Waals surface area (Å²) in [5.41, 5.74) is 1.63. The maximum absolute atomic E-state index is 13.4. The molecule has 1 aliphatic rings. The summed E-state index contributed by atoms with van der Waals surface area (Å²) in [5, 5.41) is 5.16. The zero-order valence-electron chi connectivity index (χ0n) is 17.2. The van der Waals surface area contributed by atoms with E-state index in [9.17, 15) is 13.2 Å². The van der Waals surface area contributed by atoms with E-state index in [2.05, 4.69) is 5.32 Å². The first-order valence-electron chi connectivity index (χ1n) is 9.42. The Balaban J connectivity index is 1.73. The molecule has 7 nitrogen and oxygen atoms in total. The van der Waals surface area contributed by atoms with Gasteiger partial charge in [0, 0.05) is 35.1 Å². The third kappa shape index (κ3) is 4.19. The number of allylic oxidation sites excluding steroid dienone is 1. The number of benzene rings is 2. The number of anilines is 2. The van der Waals surface area contributed by atoms with Gasteiger partial charge in [-0.25, -0.2) is 8.42 Å². The molecule has 4 rings (SSSR count). The standard InChI is InChI=1S/C22H19ClN2O5S2/c1-29-17-9-16(10-18(11-17)30-2)24-12-20-21(26)22-19(7-8-31-22)25(32(20,27)28)13-14-3-5-15(23)6-4-14/h3-12,24H,13H2,1-2H3/b20-12-. The molecule has 166 valence electrons. The number of methoxy groups -OCH3 is 2. The molecule has 0 bridgehead atoms. The van der Waals surface area contributed by atoms with Crippen LogP contribution in [0, 0.1) is 0 Å². The minimum atomic E-state index is -4.11. The van der Waals surface area contributed by atoms with Gasteiger partial charge in [0.15, 0.2) is 4.91 Å². The molecule has 1 N–H and O–H groups in total. The molecule has 1 aliphatic heterocycles. The van der Waals surface area contributed by atoms with Gasteiger partial charge >= 0.3 is 0 Å². The number of rotatable bonds is 6. The third-order valence-corrected chi connectivity index (χ3v) is 7.79. The fraction of sp³-hybridized carbons (Fsp3) is 0.136. The number of halogens is 1. The minimum absolute atomic E-state index is 0.0703. The highest BCUT2D eigenvalue weighted by atomic mass is 35.5. The predicted molar refractivity (Wildman–Crippen MR) is 126 cm³/mol. The second kappa shape index (κ2) is 8.85. The number of sulfonamides is 1. The van der Waals surface area contributed by atoms with Gasteiger partial charge in [-0.2, -0.15) is 0 Å². The van der Waals surface area contributed by atoms with Gasteiger partial charge in [0.2, 0.25) is 5.78 Å². The van der Waals surface area contributed by atoms with Crippen LogP contribution in [0.15, 0.2) is 65.0 Å². The van der Waals surface area contributed by atoms with Crippen LogP contribution < -0.4 is 19.1 Å². The van der Waals surface area contributed by atoms with Crippen LogP contribution in [0.25, 0.3) is 0 Å². The average molecular weight is 491 g/mol. The van der Waals surface area contributed by atoms with E-state index in [-0.39, 0.29) is 11.4 Å². The van der Waals surface area contributed by atoms with E-state index in [4.69, 9.17) is 21.1 Å². The lowest BCUT2D eigenvalue weighted by molar-refractivity contribution is 0.104. The van der Waals surface area contributed by atoms with Crippen molar-refractivity contribution in [3.05, 3.63) is 80.5 Å². The summed E-state index contributed by atoms with van der Waals surface area (Å²) in [5.74, 6) is 0.491. The molecule has 32 heavy (non-hydrogen) atoms. The fourth-order valence-electron chi connectivity index (χ4n) is 3.25. The van der Waals surface area contributed by atoms with Crippen LogP contribution in [-0.2, 0) is 16.6 Å². The van der Waals surface area contributed by atoms with Crippen molar-refractivity contribution in [3.8, 4) is 11.5 Å². The molecule has 10 heteroatoms. The Hall–Kier alpha value is -3.01. The number of ether oxygens (including phenoxy) is 2. The Morgan fingerprint density at radius 1 is 1.06 bits per heavy atom. The molecule has 0 saturated heterocycles. The van der Waals surface area contributed by atoms with Crippen LogP contribution in [0.5, 0.6) is 11.5 Å². The number of carbonyl (C=O) groups is 1. The molecule has 1 aromatic heterocycles. The summed E-state index contributed by atoms with van der Waals surface area (Å²) in [7, 11) is -1.09. The summed E-state index contributed by atoms with van der Waals surface area (Å²) in [4.78, 5) is 13.1. The maximum atomic E-state index is 13.4. The highest BCUT2D eigenvalue weighted by Gasteiger charge is 2.41. The number of hydrogen-bond acceptors (Lipinski definition) is 7. The van der Waals surface area contributed by atoms with Crippen LogP contribution in [0.3, 0.4) is 0 Å². The lowest BCUT2D eigenvalue weighted by Crippen LogP contribution is -2.38. The number of carbonyl (C=O) groups excluding carboxylic acids is 1. The van der Waals surface area contributed by atoms with Crippen molar-refractivity contribution < 1.29 is 22.7 Å². The number of nitrogens with one attached hydrogen (secondary N) is 1. The Bertz CT molecular complexity index is 1280. The Morgan fingerprint density at radius 2 is 1.72 bits per heavy atom. The van der Waals surface area contributed by atoms with Crippen LogP contribution in [-0.4, -0.2) is 28.4 Å². The summed E-state index contributed by atoms with van der Waals surface area (Å²) in [6, 6.07) is 13.6. The molecule has 0 aliphatic carbocycles. The summed E-state index contributed by atoms with van der Waals surface area (Å²) in [6.45, 7) is 0.0703. The SMILES string of the molecule is COc1cc(N/C=C2/C(=O)c3sccc3N(Cc3ccc(Cl)cc3)S2(=O)=O)cc(OC)c1. The smallest absolute Gasteiger partial charge is 0.270 e. The normalized spacial score (nSPS) is 16.0. The zero-order chi connectivity index (χ0) is 22.9. The van der Waals surface area contributed by atoms with Gasteiger partial charge in [0.1, 0.15) is 16.4 Å². The second-order valence-corrected chi connectivity index (χ2v) is 10.0. The average Bonchev–Trinajstić information content (AvgIpc) is 3.27. The Morgan fingerprint density at radius 3 is 2.34 bits per heavy atom. The number of Topliss-reactive ketones (excluding diaryl/α,β-unsaturated/α-hetero) is 1. The number of nitrogens with zero attached hydrogens (tertiary/aromatic N) is 1. The van der Waals surface area contributed by atoms with E-state index in [0.717, 1.165) is 5.56 Å². The molecular weight excluding hydrogens is 472 g/mol. The van der Waals surface area contributed by atoms with Gasteiger partial charge in [-0.3, -0.25) is 9.10 Å². The van der Waals surface area contributed by atoms with Gasteiger partial charge in [0.25, 0.3) is 10.0 Å². The van der Waals surface area contributed by atoms with E-state index in [1.807, 2.05) is 0 Å².